The van der Waals surface area contributed by atoms with Gasteiger partial charge in [0.05, 0.1) is 24.6 Å². The van der Waals surface area contributed by atoms with Gasteiger partial charge in [-0.1, -0.05) is 12.1 Å². The molecular weight excluding hydrogens is 294 g/mol. The van der Waals surface area contributed by atoms with Gasteiger partial charge in [0.25, 0.3) is 0 Å². The molecule has 1 aromatic heterocycles. The molecule has 0 radical (unpaired) electrons. The Morgan fingerprint density at radius 3 is 2.78 bits per heavy atom. The van der Waals surface area contributed by atoms with Crippen LogP contribution in [0.25, 0.3) is 0 Å². The molecule has 0 saturated carbocycles. The number of esters is 1. The van der Waals surface area contributed by atoms with Gasteiger partial charge >= 0.3 is 5.97 Å². The largest absolute Gasteiger partial charge is 0.465 e. The Bertz CT molecular complexity index is 686. The molecular formula is C16H19N5O2. The van der Waals surface area contributed by atoms with Gasteiger partial charge < -0.3 is 15.0 Å². The molecule has 1 aliphatic rings. The summed E-state index contributed by atoms with van der Waals surface area (Å²) in [6.07, 6.45) is 5.26. The molecule has 0 bridgehead atoms. The fourth-order valence-corrected chi connectivity index (χ4v) is 2.62. The smallest absolute Gasteiger partial charge is 0.339 e. The monoisotopic (exact) mass is 313 g/mol. The molecule has 0 spiro atoms. The summed E-state index contributed by atoms with van der Waals surface area (Å²) >= 11 is 0. The SMILES string of the molecule is COC(=O)c1ccccc1Nc1nncc(N2CCCCC2)n1. The number of carbonyl (C=O) groups excluding carboxylic acids is 1. The molecule has 0 atom stereocenters. The van der Waals surface area contributed by atoms with Crippen LogP contribution in [0.2, 0.25) is 0 Å². The molecule has 23 heavy (non-hydrogen) atoms. The number of benzene rings is 1. The number of anilines is 3. The maximum atomic E-state index is 11.8. The van der Waals surface area contributed by atoms with Crippen molar-refractivity contribution in [3.05, 3.63) is 36.0 Å². The van der Waals surface area contributed by atoms with Crippen LogP contribution in [-0.4, -0.2) is 41.3 Å². The molecule has 2 heterocycles. The van der Waals surface area contributed by atoms with E-state index in [1.807, 2.05) is 6.07 Å². The Morgan fingerprint density at radius 1 is 1.22 bits per heavy atom. The van der Waals surface area contributed by atoms with E-state index < -0.39 is 5.97 Å². The molecule has 0 unspecified atom stereocenters. The first-order valence-electron chi connectivity index (χ1n) is 7.67. The lowest BCUT2D eigenvalue weighted by molar-refractivity contribution is 0.0602. The number of ether oxygens (including phenoxy) is 1. The number of hydrogen-bond acceptors (Lipinski definition) is 7. The number of hydrogen-bond donors (Lipinski definition) is 1. The van der Waals surface area contributed by atoms with Crippen LogP contribution in [0.4, 0.5) is 17.5 Å². The van der Waals surface area contributed by atoms with Crippen LogP contribution in [0.1, 0.15) is 29.6 Å². The lowest BCUT2D eigenvalue weighted by Gasteiger charge is -2.27. The van der Waals surface area contributed by atoms with Crippen LogP contribution in [0.5, 0.6) is 0 Å². The predicted molar refractivity (Wildman–Crippen MR) is 87.0 cm³/mol. The molecule has 120 valence electrons. The van der Waals surface area contributed by atoms with Crippen molar-refractivity contribution < 1.29 is 9.53 Å². The zero-order valence-corrected chi connectivity index (χ0v) is 13.0. The molecule has 1 N–H and O–H groups in total. The highest BCUT2D eigenvalue weighted by Crippen LogP contribution is 2.21. The third kappa shape index (κ3) is 3.56. The summed E-state index contributed by atoms with van der Waals surface area (Å²) in [4.78, 5) is 18.5. The lowest BCUT2D eigenvalue weighted by atomic mass is 10.1. The highest BCUT2D eigenvalue weighted by atomic mass is 16.5. The molecule has 7 nitrogen and oxygen atoms in total. The number of nitrogens with one attached hydrogen (secondary N) is 1. The Labute approximate surface area is 134 Å². The number of methoxy groups -OCH3 is 1. The lowest BCUT2D eigenvalue weighted by Crippen LogP contribution is -2.30. The Morgan fingerprint density at radius 2 is 2.00 bits per heavy atom. The molecule has 7 heteroatoms. The Hall–Kier alpha value is -2.70. The first-order valence-corrected chi connectivity index (χ1v) is 7.67. The van der Waals surface area contributed by atoms with Crippen LogP contribution >= 0.6 is 0 Å². The first kappa shape index (κ1) is 15.2. The number of rotatable bonds is 4. The maximum Gasteiger partial charge on any atom is 0.339 e. The summed E-state index contributed by atoms with van der Waals surface area (Å²) in [6.45, 7) is 1.97. The number of piperidine rings is 1. The summed E-state index contributed by atoms with van der Waals surface area (Å²) in [5, 5.41) is 11.1. The van der Waals surface area contributed by atoms with E-state index in [0.717, 1.165) is 31.7 Å². The highest BCUT2D eigenvalue weighted by Gasteiger charge is 2.15. The van der Waals surface area contributed by atoms with Crippen molar-refractivity contribution in [2.24, 2.45) is 0 Å². The van der Waals surface area contributed by atoms with E-state index >= 15 is 0 Å². The average molecular weight is 313 g/mol. The average Bonchev–Trinajstić information content (AvgIpc) is 2.62. The van der Waals surface area contributed by atoms with Gasteiger partial charge in [0, 0.05) is 13.1 Å². The molecule has 2 aromatic rings. The van der Waals surface area contributed by atoms with E-state index in [-0.39, 0.29) is 0 Å². The van der Waals surface area contributed by atoms with Crippen molar-refractivity contribution >= 4 is 23.4 Å². The van der Waals surface area contributed by atoms with Crippen molar-refractivity contribution in [3.8, 4) is 0 Å². The van der Waals surface area contributed by atoms with Crippen molar-refractivity contribution in [2.75, 3.05) is 30.4 Å². The van der Waals surface area contributed by atoms with Crippen LogP contribution in [0.15, 0.2) is 30.5 Å². The van der Waals surface area contributed by atoms with Crippen molar-refractivity contribution in [1.29, 1.82) is 0 Å². The summed E-state index contributed by atoms with van der Waals surface area (Å²) in [5.74, 6) is 0.760. The van der Waals surface area contributed by atoms with Gasteiger partial charge in [-0.3, -0.25) is 0 Å². The number of aromatic nitrogens is 3. The van der Waals surface area contributed by atoms with Gasteiger partial charge in [0.1, 0.15) is 0 Å². The molecule has 0 amide bonds. The Kier molecular flexibility index (Phi) is 4.65. The molecule has 3 rings (SSSR count). The number of nitrogens with zero attached hydrogens (tertiary/aromatic N) is 4. The summed E-state index contributed by atoms with van der Waals surface area (Å²) in [5.41, 5.74) is 1.03. The predicted octanol–water partition coefficient (Wildman–Crippen LogP) is 2.39. The number of para-hydroxylation sites is 1. The van der Waals surface area contributed by atoms with Crippen LogP contribution in [0, 0.1) is 0 Å². The summed E-state index contributed by atoms with van der Waals surface area (Å²) in [7, 11) is 1.36. The second-order valence-corrected chi connectivity index (χ2v) is 5.35. The third-order valence-corrected chi connectivity index (χ3v) is 3.81. The molecule has 1 aromatic carbocycles. The summed E-state index contributed by atoms with van der Waals surface area (Å²) < 4.78 is 4.79. The molecule has 1 fully saturated rings. The van der Waals surface area contributed by atoms with Crippen LogP contribution in [0.3, 0.4) is 0 Å². The van der Waals surface area contributed by atoms with E-state index in [4.69, 9.17) is 4.74 Å². The highest BCUT2D eigenvalue weighted by molar-refractivity contribution is 5.96. The standard InChI is InChI=1S/C16H19N5O2/c1-23-15(22)12-7-3-4-8-13(12)18-16-19-14(11-17-20-16)21-9-5-2-6-10-21/h3-4,7-8,11H,2,5-6,9-10H2,1H3,(H,18,19,20). The van der Waals surface area contributed by atoms with E-state index in [9.17, 15) is 4.79 Å². The van der Waals surface area contributed by atoms with Gasteiger partial charge in [0.2, 0.25) is 5.95 Å². The van der Waals surface area contributed by atoms with Gasteiger partial charge in [-0.15, -0.1) is 5.10 Å². The minimum absolute atomic E-state index is 0.365. The van der Waals surface area contributed by atoms with Gasteiger partial charge in [0.15, 0.2) is 5.82 Å². The fourth-order valence-electron chi connectivity index (χ4n) is 2.62. The van der Waals surface area contributed by atoms with Crippen LogP contribution in [-0.2, 0) is 4.74 Å². The normalized spacial score (nSPS) is 14.4. The first-order chi connectivity index (χ1) is 11.3. The van der Waals surface area contributed by atoms with E-state index in [1.165, 1.54) is 13.5 Å². The van der Waals surface area contributed by atoms with Crippen molar-refractivity contribution in [2.45, 2.75) is 19.3 Å². The van der Waals surface area contributed by atoms with Gasteiger partial charge in [-0.05, 0) is 31.4 Å². The van der Waals surface area contributed by atoms with Crippen molar-refractivity contribution in [1.82, 2.24) is 15.2 Å². The van der Waals surface area contributed by atoms with E-state index in [2.05, 4.69) is 25.4 Å². The topological polar surface area (TPSA) is 80.2 Å². The Balaban J connectivity index is 1.82. The number of carbonyl (C=O) groups is 1. The van der Waals surface area contributed by atoms with Gasteiger partial charge in [-0.2, -0.15) is 10.1 Å². The van der Waals surface area contributed by atoms with Gasteiger partial charge in [-0.25, -0.2) is 4.79 Å². The molecule has 0 aliphatic carbocycles. The second kappa shape index (κ2) is 7.04. The second-order valence-electron chi connectivity index (χ2n) is 5.35. The molecule has 1 saturated heterocycles. The zero-order chi connectivity index (χ0) is 16.1. The van der Waals surface area contributed by atoms with Crippen LogP contribution < -0.4 is 10.2 Å². The van der Waals surface area contributed by atoms with E-state index in [0.29, 0.717) is 17.2 Å². The zero-order valence-electron chi connectivity index (χ0n) is 13.0. The molecule has 1 aliphatic heterocycles. The minimum Gasteiger partial charge on any atom is -0.465 e. The van der Waals surface area contributed by atoms with Crippen molar-refractivity contribution in [3.63, 3.8) is 0 Å². The minimum atomic E-state index is -0.409. The maximum absolute atomic E-state index is 11.8. The summed E-state index contributed by atoms with van der Waals surface area (Å²) in [6, 6.07) is 7.08. The fraction of sp³-hybridized carbons (Fsp3) is 0.375. The quantitative estimate of drug-likeness (QED) is 0.868. The van der Waals surface area contributed by atoms with E-state index in [1.54, 1.807) is 24.4 Å². The third-order valence-electron chi connectivity index (χ3n) is 3.81.